The predicted octanol–water partition coefficient (Wildman–Crippen LogP) is 4.30. The molecule has 1 saturated heterocycles. The lowest BCUT2D eigenvalue weighted by Gasteiger charge is -2.23. The lowest BCUT2D eigenvalue weighted by Crippen LogP contribution is -2.31. The van der Waals surface area contributed by atoms with Crippen molar-refractivity contribution in [3.63, 3.8) is 0 Å². The highest BCUT2D eigenvalue weighted by atomic mass is 32.2. The van der Waals surface area contributed by atoms with Crippen LogP contribution in [0.4, 0.5) is 0 Å². The van der Waals surface area contributed by atoms with Gasteiger partial charge in [-0.05, 0) is 49.3 Å². The summed E-state index contributed by atoms with van der Waals surface area (Å²) in [6.07, 6.45) is 10.7. The van der Waals surface area contributed by atoms with Crippen LogP contribution in [0, 0.1) is 0 Å². The Balaban J connectivity index is 1.75. The number of benzene rings is 1. The van der Waals surface area contributed by atoms with Crippen LogP contribution in [-0.4, -0.2) is 25.8 Å². The van der Waals surface area contributed by atoms with Gasteiger partial charge < -0.3 is 0 Å². The molecule has 0 amide bonds. The SMILES string of the molecule is O=S(=O)(c1ccc(C2CCCCC2)cc1)N1CCCCCC1. The van der Waals surface area contributed by atoms with Gasteiger partial charge in [0.05, 0.1) is 4.90 Å². The van der Waals surface area contributed by atoms with Crippen molar-refractivity contribution in [2.75, 3.05) is 13.1 Å². The summed E-state index contributed by atoms with van der Waals surface area (Å²) in [4.78, 5) is 0.467. The number of nitrogens with zero attached hydrogens (tertiary/aromatic N) is 1. The van der Waals surface area contributed by atoms with Crippen molar-refractivity contribution in [1.82, 2.24) is 4.31 Å². The number of sulfonamides is 1. The van der Waals surface area contributed by atoms with Crippen LogP contribution in [0.25, 0.3) is 0 Å². The molecule has 3 rings (SSSR count). The summed E-state index contributed by atoms with van der Waals surface area (Å²) in [6, 6.07) is 7.73. The molecule has 3 nitrogen and oxygen atoms in total. The first-order valence-electron chi connectivity index (χ1n) is 8.78. The molecule has 1 aromatic carbocycles. The first-order chi connectivity index (χ1) is 10.7. The molecular weight excluding hydrogens is 294 g/mol. The molecule has 1 aromatic rings. The zero-order chi connectivity index (χ0) is 15.4. The summed E-state index contributed by atoms with van der Waals surface area (Å²) in [5.41, 5.74) is 1.31. The summed E-state index contributed by atoms with van der Waals surface area (Å²) in [5.74, 6) is 0.628. The zero-order valence-corrected chi connectivity index (χ0v) is 14.2. The molecule has 0 bridgehead atoms. The highest BCUT2D eigenvalue weighted by Gasteiger charge is 2.25. The number of rotatable bonds is 3. The van der Waals surface area contributed by atoms with Gasteiger partial charge in [0.15, 0.2) is 0 Å². The topological polar surface area (TPSA) is 37.4 Å². The molecule has 0 atom stereocenters. The molecule has 122 valence electrons. The molecular formula is C18H27NO2S. The Morgan fingerprint density at radius 2 is 1.32 bits per heavy atom. The Labute approximate surface area is 134 Å². The van der Waals surface area contributed by atoms with Crippen LogP contribution < -0.4 is 0 Å². The summed E-state index contributed by atoms with van der Waals surface area (Å²) in [5, 5.41) is 0. The molecule has 0 aromatic heterocycles. The molecule has 2 aliphatic rings. The second-order valence-electron chi connectivity index (χ2n) is 6.72. The summed E-state index contributed by atoms with van der Waals surface area (Å²) in [7, 11) is -3.30. The Kier molecular flexibility index (Phi) is 5.19. The third kappa shape index (κ3) is 3.54. The van der Waals surface area contributed by atoms with Crippen LogP contribution in [0.2, 0.25) is 0 Å². The van der Waals surface area contributed by atoms with Gasteiger partial charge in [0.25, 0.3) is 0 Å². The summed E-state index contributed by atoms with van der Waals surface area (Å²) >= 11 is 0. The Bertz CT molecular complexity index is 566. The summed E-state index contributed by atoms with van der Waals surface area (Å²) in [6.45, 7) is 1.35. The Morgan fingerprint density at radius 1 is 0.773 bits per heavy atom. The van der Waals surface area contributed by atoms with Gasteiger partial charge in [0, 0.05) is 13.1 Å². The average molecular weight is 321 g/mol. The van der Waals surface area contributed by atoms with Crippen LogP contribution in [0.15, 0.2) is 29.2 Å². The molecule has 1 heterocycles. The van der Waals surface area contributed by atoms with E-state index in [-0.39, 0.29) is 0 Å². The highest BCUT2D eigenvalue weighted by Crippen LogP contribution is 2.33. The van der Waals surface area contributed by atoms with E-state index in [1.807, 2.05) is 24.3 Å². The minimum Gasteiger partial charge on any atom is -0.207 e. The van der Waals surface area contributed by atoms with E-state index in [0.717, 1.165) is 25.7 Å². The van der Waals surface area contributed by atoms with Crippen LogP contribution in [-0.2, 0) is 10.0 Å². The monoisotopic (exact) mass is 321 g/mol. The van der Waals surface area contributed by atoms with E-state index in [1.54, 1.807) is 4.31 Å². The van der Waals surface area contributed by atoms with Gasteiger partial charge in [-0.3, -0.25) is 0 Å². The van der Waals surface area contributed by atoms with E-state index in [1.165, 1.54) is 37.7 Å². The van der Waals surface area contributed by atoms with E-state index in [0.29, 0.717) is 23.9 Å². The first-order valence-corrected chi connectivity index (χ1v) is 10.2. The van der Waals surface area contributed by atoms with Crippen molar-refractivity contribution in [3.8, 4) is 0 Å². The molecule has 2 fully saturated rings. The first kappa shape index (κ1) is 16.0. The second-order valence-corrected chi connectivity index (χ2v) is 8.66. The largest absolute Gasteiger partial charge is 0.243 e. The van der Waals surface area contributed by atoms with Gasteiger partial charge in [-0.1, -0.05) is 44.2 Å². The van der Waals surface area contributed by atoms with Crippen LogP contribution in [0.3, 0.4) is 0 Å². The highest BCUT2D eigenvalue weighted by molar-refractivity contribution is 7.89. The lowest BCUT2D eigenvalue weighted by molar-refractivity contribution is 0.423. The normalized spacial score (nSPS) is 22.4. The van der Waals surface area contributed by atoms with E-state index in [4.69, 9.17) is 0 Å². The fourth-order valence-corrected chi connectivity index (χ4v) is 5.30. The standard InChI is InChI=1S/C18H27NO2S/c20-22(21,19-14-6-1-2-7-15-19)18-12-10-17(11-13-18)16-8-4-3-5-9-16/h10-13,16H,1-9,14-15H2. The van der Waals surface area contributed by atoms with Crippen molar-refractivity contribution in [3.05, 3.63) is 29.8 Å². The maximum atomic E-state index is 12.8. The summed E-state index contributed by atoms with van der Waals surface area (Å²) < 4.78 is 27.2. The van der Waals surface area contributed by atoms with Gasteiger partial charge in [-0.2, -0.15) is 4.31 Å². The molecule has 1 aliphatic heterocycles. The maximum Gasteiger partial charge on any atom is 0.243 e. The Morgan fingerprint density at radius 3 is 1.91 bits per heavy atom. The number of hydrogen-bond acceptors (Lipinski definition) is 2. The van der Waals surface area contributed by atoms with Gasteiger partial charge >= 0.3 is 0 Å². The molecule has 0 spiro atoms. The van der Waals surface area contributed by atoms with E-state index < -0.39 is 10.0 Å². The fourth-order valence-electron chi connectivity index (χ4n) is 3.78. The number of hydrogen-bond donors (Lipinski definition) is 0. The molecule has 1 aliphatic carbocycles. The molecule has 0 unspecified atom stereocenters. The minimum absolute atomic E-state index is 0.467. The van der Waals surface area contributed by atoms with E-state index in [9.17, 15) is 8.42 Å². The molecule has 0 radical (unpaired) electrons. The lowest BCUT2D eigenvalue weighted by atomic mass is 9.84. The maximum absolute atomic E-state index is 12.8. The van der Waals surface area contributed by atoms with Crippen LogP contribution in [0.5, 0.6) is 0 Å². The Hall–Kier alpha value is -0.870. The van der Waals surface area contributed by atoms with Crippen molar-refractivity contribution in [2.24, 2.45) is 0 Å². The third-order valence-electron chi connectivity index (χ3n) is 5.16. The minimum atomic E-state index is -3.30. The average Bonchev–Trinajstić information content (AvgIpc) is 2.86. The van der Waals surface area contributed by atoms with Crippen molar-refractivity contribution in [2.45, 2.75) is 68.6 Å². The molecule has 22 heavy (non-hydrogen) atoms. The van der Waals surface area contributed by atoms with Crippen LogP contribution >= 0.6 is 0 Å². The van der Waals surface area contributed by atoms with Gasteiger partial charge in [-0.25, -0.2) is 8.42 Å². The van der Waals surface area contributed by atoms with E-state index >= 15 is 0 Å². The van der Waals surface area contributed by atoms with Gasteiger partial charge in [0.1, 0.15) is 0 Å². The van der Waals surface area contributed by atoms with Crippen molar-refractivity contribution < 1.29 is 8.42 Å². The smallest absolute Gasteiger partial charge is 0.207 e. The third-order valence-corrected chi connectivity index (χ3v) is 7.07. The predicted molar refractivity (Wildman–Crippen MR) is 89.5 cm³/mol. The van der Waals surface area contributed by atoms with Crippen LogP contribution in [0.1, 0.15) is 69.3 Å². The fraction of sp³-hybridized carbons (Fsp3) is 0.667. The molecule has 0 N–H and O–H groups in total. The van der Waals surface area contributed by atoms with Crippen molar-refractivity contribution in [1.29, 1.82) is 0 Å². The molecule has 4 heteroatoms. The zero-order valence-electron chi connectivity index (χ0n) is 13.3. The van der Waals surface area contributed by atoms with Gasteiger partial charge in [0.2, 0.25) is 10.0 Å². The second kappa shape index (κ2) is 7.14. The van der Waals surface area contributed by atoms with Crippen molar-refractivity contribution >= 4 is 10.0 Å². The van der Waals surface area contributed by atoms with Gasteiger partial charge in [-0.15, -0.1) is 0 Å². The molecule has 1 saturated carbocycles. The quantitative estimate of drug-likeness (QED) is 0.832. The van der Waals surface area contributed by atoms with E-state index in [2.05, 4.69) is 0 Å².